The van der Waals surface area contributed by atoms with Crippen molar-refractivity contribution in [1.29, 1.82) is 0 Å². The molecule has 0 fully saturated rings. The van der Waals surface area contributed by atoms with E-state index in [0.717, 1.165) is 23.6 Å². The summed E-state index contributed by atoms with van der Waals surface area (Å²) in [5.41, 5.74) is 7.09. The Morgan fingerprint density at radius 3 is 2.83 bits per heavy atom. The van der Waals surface area contributed by atoms with Crippen LogP contribution in [0.2, 0.25) is 0 Å². The van der Waals surface area contributed by atoms with Gasteiger partial charge < -0.3 is 10.5 Å². The summed E-state index contributed by atoms with van der Waals surface area (Å²) < 4.78 is 7.48. The predicted molar refractivity (Wildman–Crippen MR) is 69.0 cm³/mol. The fraction of sp³-hybridized carbons (Fsp3) is 0.385. The summed E-state index contributed by atoms with van der Waals surface area (Å²) in [7, 11) is 1.84. The van der Waals surface area contributed by atoms with E-state index >= 15 is 0 Å². The van der Waals surface area contributed by atoms with Crippen molar-refractivity contribution in [3.8, 4) is 5.75 Å². The summed E-state index contributed by atoms with van der Waals surface area (Å²) in [4.78, 5) is 4.12. The monoisotopic (exact) mass is 246 g/mol. The minimum atomic E-state index is 0.000645. The molecule has 1 heterocycles. The Hall–Kier alpha value is -1.88. The molecule has 0 saturated carbocycles. The summed E-state index contributed by atoms with van der Waals surface area (Å²) in [6.45, 7) is 2.45. The van der Waals surface area contributed by atoms with Crippen molar-refractivity contribution in [2.75, 3.05) is 0 Å². The number of benzene rings is 1. The average Bonchev–Trinajstić information content (AvgIpc) is 2.81. The Labute approximate surface area is 107 Å². The van der Waals surface area contributed by atoms with Gasteiger partial charge in [-0.25, -0.2) is 4.98 Å². The lowest BCUT2D eigenvalue weighted by Crippen LogP contribution is -2.11. The van der Waals surface area contributed by atoms with Gasteiger partial charge in [0.05, 0.1) is 0 Å². The third kappa shape index (κ3) is 2.68. The molecule has 5 heteroatoms. The molecular formula is C13H18N4O. The summed E-state index contributed by atoms with van der Waals surface area (Å²) >= 11 is 0. The minimum Gasteiger partial charge on any atom is -0.485 e. The third-order valence-electron chi connectivity index (χ3n) is 2.92. The van der Waals surface area contributed by atoms with Crippen LogP contribution in [0, 0.1) is 0 Å². The fourth-order valence-electron chi connectivity index (χ4n) is 1.73. The molecule has 2 N–H and O–H groups in total. The Morgan fingerprint density at radius 2 is 2.17 bits per heavy atom. The first kappa shape index (κ1) is 12.6. The van der Waals surface area contributed by atoms with Gasteiger partial charge in [-0.05, 0) is 12.5 Å². The van der Waals surface area contributed by atoms with Gasteiger partial charge in [0.25, 0.3) is 0 Å². The number of rotatable bonds is 5. The van der Waals surface area contributed by atoms with Crippen molar-refractivity contribution < 1.29 is 4.74 Å². The first-order chi connectivity index (χ1) is 8.72. The Morgan fingerprint density at radius 1 is 1.39 bits per heavy atom. The quantitative estimate of drug-likeness (QED) is 0.873. The molecule has 0 radical (unpaired) electrons. The predicted octanol–water partition coefficient (Wildman–Crippen LogP) is 1.80. The van der Waals surface area contributed by atoms with Crippen molar-refractivity contribution in [2.45, 2.75) is 26.0 Å². The van der Waals surface area contributed by atoms with Crippen LogP contribution >= 0.6 is 0 Å². The number of ether oxygens (including phenoxy) is 1. The Balaban J connectivity index is 2.12. The van der Waals surface area contributed by atoms with Crippen molar-refractivity contribution in [2.24, 2.45) is 12.8 Å². The number of hydrogen-bond acceptors (Lipinski definition) is 4. The van der Waals surface area contributed by atoms with Gasteiger partial charge in [0, 0.05) is 18.7 Å². The molecule has 0 bridgehead atoms. The van der Waals surface area contributed by atoms with Crippen LogP contribution in [0.3, 0.4) is 0 Å². The van der Waals surface area contributed by atoms with Crippen LogP contribution < -0.4 is 10.5 Å². The second-order valence-corrected chi connectivity index (χ2v) is 4.14. The SMILES string of the molecule is CCC(N)c1ccccc1OCc1ncnn1C. The summed E-state index contributed by atoms with van der Waals surface area (Å²) in [6.07, 6.45) is 2.40. The number of aromatic nitrogens is 3. The molecule has 0 saturated heterocycles. The second-order valence-electron chi connectivity index (χ2n) is 4.14. The van der Waals surface area contributed by atoms with E-state index in [4.69, 9.17) is 10.5 Å². The summed E-state index contributed by atoms with van der Waals surface area (Å²) in [5, 5.41) is 4.00. The normalized spacial score (nSPS) is 12.4. The van der Waals surface area contributed by atoms with E-state index in [2.05, 4.69) is 17.0 Å². The topological polar surface area (TPSA) is 66.0 Å². The first-order valence-corrected chi connectivity index (χ1v) is 6.02. The van der Waals surface area contributed by atoms with E-state index in [1.54, 1.807) is 4.68 Å². The van der Waals surface area contributed by atoms with E-state index in [0.29, 0.717) is 6.61 Å². The summed E-state index contributed by atoms with van der Waals surface area (Å²) in [6, 6.07) is 7.85. The minimum absolute atomic E-state index is 0.000645. The molecule has 96 valence electrons. The molecule has 18 heavy (non-hydrogen) atoms. The summed E-state index contributed by atoms with van der Waals surface area (Å²) in [5.74, 6) is 1.60. The van der Waals surface area contributed by atoms with Gasteiger partial charge in [-0.2, -0.15) is 5.10 Å². The third-order valence-corrected chi connectivity index (χ3v) is 2.92. The standard InChI is InChI=1S/C13H18N4O/c1-3-11(14)10-6-4-5-7-12(10)18-8-13-15-9-16-17(13)2/h4-7,9,11H,3,8,14H2,1-2H3. The zero-order valence-electron chi connectivity index (χ0n) is 10.7. The van der Waals surface area contributed by atoms with Crippen molar-refractivity contribution in [3.05, 3.63) is 42.0 Å². The van der Waals surface area contributed by atoms with Crippen molar-refractivity contribution in [1.82, 2.24) is 14.8 Å². The lowest BCUT2D eigenvalue weighted by Gasteiger charge is -2.15. The van der Waals surface area contributed by atoms with Crippen LogP contribution in [-0.4, -0.2) is 14.8 Å². The van der Waals surface area contributed by atoms with Gasteiger partial charge in [-0.3, -0.25) is 4.68 Å². The molecule has 0 amide bonds. The molecular weight excluding hydrogens is 228 g/mol. The van der Waals surface area contributed by atoms with E-state index < -0.39 is 0 Å². The first-order valence-electron chi connectivity index (χ1n) is 6.02. The molecule has 5 nitrogen and oxygen atoms in total. The van der Waals surface area contributed by atoms with E-state index in [1.165, 1.54) is 6.33 Å². The molecule has 0 spiro atoms. The smallest absolute Gasteiger partial charge is 0.164 e. The number of nitrogens with zero attached hydrogens (tertiary/aromatic N) is 3. The maximum atomic E-state index is 6.06. The van der Waals surface area contributed by atoms with E-state index in [9.17, 15) is 0 Å². The van der Waals surface area contributed by atoms with Crippen LogP contribution in [0.4, 0.5) is 0 Å². The number of aryl methyl sites for hydroxylation is 1. The molecule has 1 unspecified atom stereocenters. The highest BCUT2D eigenvalue weighted by Crippen LogP contribution is 2.25. The van der Waals surface area contributed by atoms with Crippen LogP contribution in [-0.2, 0) is 13.7 Å². The highest BCUT2D eigenvalue weighted by Gasteiger charge is 2.10. The molecule has 2 aromatic rings. The van der Waals surface area contributed by atoms with E-state index in [-0.39, 0.29) is 6.04 Å². The number of nitrogens with two attached hydrogens (primary N) is 1. The molecule has 2 rings (SSSR count). The van der Waals surface area contributed by atoms with Crippen molar-refractivity contribution in [3.63, 3.8) is 0 Å². The number of para-hydroxylation sites is 1. The number of hydrogen-bond donors (Lipinski definition) is 1. The zero-order valence-corrected chi connectivity index (χ0v) is 10.7. The van der Waals surface area contributed by atoms with Crippen LogP contribution in [0.5, 0.6) is 5.75 Å². The maximum absolute atomic E-state index is 6.06. The highest BCUT2D eigenvalue weighted by atomic mass is 16.5. The molecule has 1 atom stereocenters. The molecule has 0 aliphatic rings. The lowest BCUT2D eigenvalue weighted by molar-refractivity contribution is 0.285. The van der Waals surface area contributed by atoms with Gasteiger partial charge >= 0.3 is 0 Å². The van der Waals surface area contributed by atoms with Crippen LogP contribution in [0.15, 0.2) is 30.6 Å². The Kier molecular flexibility index (Phi) is 3.94. The van der Waals surface area contributed by atoms with E-state index in [1.807, 2.05) is 31.3 Å². The highest BCUT2D eigenvalue weighted by molar-refractivity contribution is 5.35. The van der Waals surface area contributed by atoms with Gasteiger partial charge in [0.2, 0.25) is 0 Å². The van der Waals surface area contributed by atoms with Gasteiger partial charge in [0.1, 0.15) is 18.7 Å². The molecule has 1 aromatic carbocycles. The molecule has 0 aliphatic carbocycles. The molecule has 0 aliphatic heterocycles. The Bertz CT molecular complexity index is 509. The van der Waals surface area contributed by atoms with Crippen LogP contribution in [0.1, 0.15) is 30.8 Å². The average molecular weight is 246 g/mol. The maximum Gasteiger partial charge on any atom is 0.164 e. The van der Waals surface area contributed by atoms with Gasteiger partial charge in [-0.1, -0.05) is 25.1 Å². The lowest BCUT2D eigenvalue weighted by atomic mass is 10.0. The van der Waals surface area contributed by atoms with Gasteiger partial charge in [-0.15, -0.1) is 0 Å². The second kappa shape index (κ2) is 5.64. The zero-order chi connectivity index (χ0) is 13.0. The fourth-order valence-corrected chi connectivity index (χ4v) is 1.73. The largest absolute Gasteiger partial charge is 0.485 e. The van der Waals surface area contributed by atoms with Crippen molar-refractivity contribution >= 4 is 0 Å². The molecule has 1 aromatic heterocycles. The van der Waals surface area contributed by atoms with Gasteiger partial charge in [0.15, 0.2) is 5.82 Å². The van der Waals surface area contributed by atoms with Crippen LogP contribution in [0.25, 0.3) is 0 Å².